The molecule has 0 aliphatic heterocycles. The van der Waals surface area contributed by atoms with E-state index in [-0.39, 0.29) is 17.9 Å². The van der Waals surface area contributed by atoms with E-state index in [0.29, 0.717) is 12.8 Å². The number of halogens is 2. The lowest BCUT2D eigenvalue weighted by Gasteiger charge is -2.17. The van der Waals surface area contributed by atoms with Crippen LogP contribution in [0.3, 0.4) is 0 Å². The molecule has 3 N–H and O–H groups in total. The molecule has 1 aliphatic rings. The number of alkyl halides is 2. The molecule has 1 aromatic rings. The van der Waals surface area contributed by atoms with E-state index in [9.17, 15) is 22.0 Å². The van der Waals surface area contributed by atoms with Crippen molar-refractivity contribution in [2.24, 2.45) is 5.73 Å². The van der Waals surface area contributed by atoms with Crippen LogP contribution in [0.25, 0.3) is 0 Å². The van der Waals surface area contributed by atoms with Crippen LogP contribution < -0.4 is 15.2 Å². The molecule has 1 aliphatic carbocycles. The van der Waals surface area contributed by atoms with Crippen molar-refractivity contribution in [3.63, 3.8) is 0 Å². The average molecular weight is 321 g/mol. The third-order valence-corrected chi connectivity index (χ3v) is 4.15. The zero-order valence-electron chi connectivity index (χ0n) is 10.8. The molecule has 10 heteroatoms. The summed E-state index contributed by atoms with van der Waals surface area (Å²) in [5.74, 6) is -3.98. The first-order chi connectivity index (χ1) is 9.74. The number of ether oxygens (including phenoxy) is 1. The van der Waals surface area contributed by atoms with Crippen LogP contribution in [0.15, 0.2) is 18.5 Å². The van der Waals surface area contributed by atoms with E-state index < -0.39 is 27.2 Å². The first-order valence-electron chi connectivity index (χ1n) is 5.93. The van der Waals surface area contributed by atoms with Crippen LogP contribution in [-0.2, 0) is 10.0 Å². The molecule has 0 radical (unpaired) electrons. The lowest BCUT2D eigenvalue weighted by Crippen LogP contribution is -2.43. The molecule has 2 rings (SSSR count). The number of nitrogens with one attached hydrogen (secondary N) is 1. The number of carbonyl (C=O) groups excluding carboxylic acids is 1. The number of aromatic nitrogens is 1. The lowest BCUT2D eigenvalue weighted by atomic mass is 10.2. The van der Waals surface area contributed by atoms with Crippen molar-refractivity contribution in [1.82, 2.24) is 9.71 Å². The second kappa shape index (κ2) is 5.53. The molecule has 1 amide bonds. The molecule has 0 bridgehead atoms. The van der Waals surface area contributed by atoms with E-state index in [1.807, 2.05) is 4.72 Å². The Balaban J connectivity index is 2.00. The van der Waals surface area contributed by atoms with Crippen molar-refractivity contribution in [2.45, 2.75) is 24.1 Å². The van der Waals surface area contributed by atoms with Crippen LogP contribution in [0.1, 0.15) is 23.2 Å². The number of hydrogen-bond donors (Lipinski definition) is 2. The molecular formula is C11H13F2N3O4S. The van der Waals surface area contributed by atoms with E-state index in [2.05, 4.69) is 4.98 Å². The molecule has 1 fully saturated rings. The van der Waals surface area contributed by atoms with Crippen molar-refractivity contribution in [2.75, 3.05) is 6.61 Å². The number of sulfonamides is 1. The number of nitrogens with two attached hydrogens (primary N) is 1. The molecule has 0 aromatic carbocycles. The van der Waals surface area contributed by atoms with Gasteiger partial charge in [-0.05, 0) is 18.9 Å². The Kier molecular flexibility index (Phi) is 4.10. The third-order valence-electron chi connectivity index (χ3n) is 2.96. The summed E-state index contributed by atoms with van der Waals surface area (Å²) in [5.41, 5.74) is 4.18. The smallest absolute Gasteiger partial charge is 0.350 e. The maximum absolute atomic E-state index is 12.3. The molecule has 0 atom stereocenters. The van der Waals surface area contributed by atoms with Gasteiger partial charge in [-0.15, -0.1) is 0 Å². The van der Waals surface area contributed by atoms with Gasteiger partial charge in [0, 0.05) is 6.20 Å². The topological polar surface area (TPSA) is 111 Å². The Morgan fingerprint density at radius 2 is 2.14 bits per heavy atom. The Morgan fingerprint density at radius 1 is 1.48 bits per heavy atom. The highest BCUT2D eigenvalue weighted by Crippen LogP contribution is 2.37. The summed E-state index contributed by atoms with van der Waals surface area (Å²) in [4.78, 5) is 14.7. The van der Waals surface area contributed by atoms with Crippen LogP contribution in [0, 0.1) is 0 Å². The van der Waals surface area contributed by atoms with Crippen LogP contribution in [0.2, 0.25) is 0 Å². The highest BCUT2D eigenvalue weighted by atomic mass is 32.2. The van der Waals surface area contributed by atoms with Crippen molar-refractivity contribution in [3.05, 3.63) is 24.0 Å². The lowest BCUT2D eigenvalue weighted by molar-refractivity contribution is 0.0999. The average Bonchev–Trinajstić information content (AvgIpc) is 3.16. The number of hydrogen-bond acceptors (Lipinski definition) is 5. The third kappa shape index (κ3) is 3.85. The van der Waals surface area contributed by atoms with Crippen molar-refractivity contribution in [1.29, 1.82) is 0 Å². The highest BCUT2D eigenvalue weighted by Gasteiger charge is 2.48. The maximum atomic E-state index is 12.3. The second-order valence-corrected chi connectivity index (χ2v) is 6.40. The zero-order valence-corrected chi connectivity index (χ0v) is 11.6. The predicted molar refractivity (Wildman–Crippen MR) is 68.3 cm³/mol. The minimum absolute atomic E-state index is 0.130. The van der Waals surface area contributed by atoms with Crippen molar-refractivity contribution < 1.29 is 26.7 Å². The predicted octanol–water partition coefficient (Wildman–Crippen LogP) is 0.234. The number of carbonyl (C=O) groups is 1. The first-order valence-corrected chi connectivity index (χ1v) is 7.47. The Morgan fingerprint density at radius 3 is 2.67 bits per heavy atom. The Bertz CT molecular complexity index is 647. The summed E-state index contributed by atoms with van der Waals surface area (Å²) in [5, 5.41) is 0. The summed E-state index contributed by atoms with van der Waals surface area (Å²) >= 11 is 0. The van der Waals surface area contributed by atoms with Crippen LogP contribution in [0.5, 0.6) is 5.75 Å². The highest BCUT2D eigenvalue weighted by molar-refractivity contribution is 7.89. The van der Waals surface area contributed by atoms with Crippen LogP contribution in [0.4, 0.5) is 8.78 Å². The molecule has 0 saturated heterocycles. The Hall–Kier alpha value is -1.81. The molecule has 21 heavy (non-hydrogen) atoms. The number of amides is 1. The van der Waals surface area contributed by atoms with E-state index in [1.165, 1.54) is 18.5 Å². The van der Waals surface area contributed by atoms with E-state index >= 15 is 0 Å². The number of rotatable bonds is 7. The van der Waals surface area contributed by atoms with Gasteiger partial charge in [0.15, 0.2) is 0 Å². The van der Waals surface area contributed by atoms with Gasteiger partial charge < -0.3 is 10.5 Å². The fourth-order valence-electron chi connectivity index (χ4n) is 1.63. The van der Waals surface area contributed by atoms with Gasteiger partial charge in [0.2, 0.25) is 5.91 Å². The minimum atomic E-state index is -4.67. The molecular weight excluding hydrogens is 308 g/mol. The molecule has 0 spiro atoms. The van der Waals surface area contributed by atoms with Crippen LogP contribution in [-0.4, -0.2) is 37.2 Å². The summed E-state index contributed by atoms with van der Waals surface area (Å²) < 4.78 is 54.2. The maximum Gasteiger partial charge on any atom is 0.350 e. The summed E-state index contributed by atoms with van der Waals surface area (Å²) in [6.07, 6.45) is 3.34. The van der Waals surface area contributed by atoms with Gasteiger partial charge in [0.05, 0.1) is 17.3 Å². The van der Waals surface area contributed by atoms with Gasteiger partial charge in [-0.2, -0.15) is 8.78 Å². The summed E-state index contributed by atoms with van der Waals surface area (Å²) in [6.45, 7) is -0.136. The quantitative estimate of drug-likeness (QED) is 0.747. The van der Waals surface area contributed by atoms with E-state index in [1.54, 1.807) is 0 Å². The minimum Gasteiger partial charge on any atom is -0.490 e. The van der Waals surface area contributed by atoms with Gasteiger partial charge in [-0.25, -0.2) is 13.1 Å². The molecule has 7 nitrogen and oxygen atoms in total. The summed E-state index contributed by atoms with van der Waals surface area (Å²) in [6, 6.07) is 1.34. The second-order valence-electron chi connectivity index (χ2n) is 4.75. The molecule has 1 aromatic heterocycles. The van der Waals surface area contributed by atoms with Crippen molar-refractivity contribution >= 4 is 15.9 Å². The molecule has 116 valence electrons. The summed E-state index contributed by atoms with van der Waals surface area (Å²) in [7, 11) is -4.67. The van der Waals surface area contributed by atoms with Gasteiger partial charge in [0.1, 0.15) is 12.4 Å². The van der Waals surface area contributed by atoms with Crippen molar-refractivity contribution in [3.8, 4) is 5.75 Å². The van der Waals surface area contributed by atoms with Gasteiger partial charge >= 0.3 is 5.76 Å². The molecule has 0 unspecified atom stereocenters. The standard InChI is InChI=1S/C11H13F2N3O4S/c12-10(13)21(18,19)16-11(1-2-11)6-20-8-3-7(9(14)17)4-15-5-8/h3-5,10,16H,1-2,6H2,(H2,14,17). The van der Waals surface area contributed by atoms with Crippen LogP contribution >= 0.6 is 0 Å². The normalized spacial score (nSPS) is 16.7. The number of primary amides is 1. The fraction of sp³-hybridized carbons (Fsp3) is 0.455. The fourth-order valence-corrected chi connectivity index (χ4v) is 2.58. The SMILES string of the molecule is NC(=O)c1cncc(OCC2(NS(=O)(=O)C(F)F)CC2)c1. The van der Waals surface area contributed by atoms with Gasteiger partial charge in [-0.3, -0.25) is 9.78 Å². The number of pyridine rings is 1. The molecule has 1 heterocycles. The zero-order chi connectivity index (χ0) is 15.7. The van der Waals surface area contributed by atoms with E-state index in [0.717, 1.165) is 0 Å². The molecule has 1 saturated carbocycles. The first kappa shape index (κ1) is 15.6. The Labute approximate surface area is 119 Å². The van der Waals surface area contributed by atoms with Gasteiger partial charge in [0.25, 0.3) is 10.0 Å². The number of nitrogens with zero attached hydrogens (tertiary/aromatic N) is 1. The van der Waals surface area contributed by atoms with E-state index in [4.69, 9.17) is 10.5 Å². The monoisotopic (exact) mass is 321 g/mol. The largest absolute Gasteiger partial charge is 0.490 e. The van der Waals surface area contributed by atoms with Gasteiger partial charge in [-0.1, -0.05) is 0 Å².